The third-order valence-corrected chi connectivity index (χ3v) is 6.25. The van der Waals surface area contributed by atoms with Crippen molar-refractivity contribution in [3.8, 4) is 23.0 Å². The molecular weight excluding hydrogens is 540 g/mol. The first-order valence-corrected chi connectivity index (χ1v) is 11.7. The van der Waals surface area contributed by atoms with Gasteiger partial charge in [0.15, 0.2) is 23.1 Å². The molecule has 7 nitrogen and oxygen atoms in total. The Morgan fingerprint density at radius 1 is 1.15 bits per heavy atom. The van der Waals surface area contributed by atoms with E-state index in [4.69, 9.17) is 14.2 Å². The number of likely N-dealkylation sites (tertiary alicyclic amines) is 1. The molecule has 1 fully saturated rings. The first kappa shape index (κ1) is 23.5. The van der Waals surface area contributed by atoms with Gasteiger partial charge < -0.3 is 19.5 Å². The second kappa shape index (κ2) is 10.5. The molecule has 1 N–H and O–H groups in total. The molecule has 0 atom stereocenters. The van der Waals surface area contributed by atoms with Gasteiger partial charge in [-0.3, -0.25) is 14.7 Å². The summed E-state index contributed by atoms with van der Waals surface area (Å²) in [6.45, 7) is 1.97. The van der Waals surface area contributed by atoms with Crippen LogP contribution < -0.4 is 19.5 Å². The number of ether oxygens (including phenoxy) is 3. The van der Waals surface area contributed by atoms with Crippen LogP contribution in [0.1, 0.15) is 12.8 Å². The third kappa shape index (κ3) is 5.64. The predicted octanol–water partition coefficient (Wildman–Crippen LogP) is 4.37. The summed E-state index contributed by atoms with van der Waals surface area (Å²) in [5.41, 5.74) is 0.659. The molecule has 2 heterocycles. The van der Waals surface area contributed by atoms with Crippen molar-refractivity contribution < 1.29 is 23.4 Å². The Balaban J connectivity index is 1.53. The van der Waals surface area contributed by atoms with Crippen molar-refractivity contribution in [2.24, 2.45) is 0 Å². The van der Waals surface area contributed by atoms with Crippen LogP contribution in [-0.4, -0.2) is 55.7 Å². The SMILES string of the molecule is CNC(=O)CN1CCC(Oc2cc3nccc(Oc4ccc(I)cc4F)c3cc2OC)CC1. The highest BCUT2D eigenvalue weighted by Crippen LogP contribution is 2.38. The Hall–Kier alpha value is -2.66. The molecule has 33 heavy (non-hydrogen) atoms. The lowest BCUT2D eigenvalue weighted by Gasteiger charge is -2.31. The normalized spacial score (nSPS) is 14.8. The number of carbonyl (C=O) groups excluding carboxylic acids is 1. The molecule has 3 aromatic rings. The highest BCUT2D eigenvalue weighted by atomic mass is 127. The number of fused-ring (bicyclic) bond motifs is 1. The number of rotatable bonds is 7. The number of hydrogen-bond donors (Lipinski definition) is 1. The minimum Gasteiger partial charge on any atom is -0.493 e. The van der Waals surface area contributed by atoms with Crippen molar-refractivity contribution in [1.29, 1.82) is 0 Å². The van der Waals surface area contributed by atoms with Gasteiger partial charge in [0.25, 0.3) is 0 Å². The molecule has 1 aliphatic rings. The number of aromatic nitrogens is 1. The fourth-order valence-corrected chi connectivity index (χ4v) is 4.25. The Bertz CT molecular complexity index is 1150. The molecule has 1 amide bonds. The molecule has 1 aromatic heterocycles. The topological polar surface area (TPSA) is 72.9 Å². The maximum Gasteiger partial charge on any atom is 0.233 e. The minimum atomic E-state index is -0.429. The molecule has 0 unspecified atom stereocenters. The molecule has 0 aliphatic carbocycles. The van der Waals surface area contributed by atoms with Gasteiger partial charge in [-0.2, -0.15) is 0 Å². The van der Waals surface area contributed by atoms with Crippen LogP contribution in [0.3, 0.4) is 0 Å². The standard InChI is InChI=1S/C24H25FIN3O4/c1-27-24(30)14-29-9-6-16(7-10-29)32-23-13-19-17(12-22(23)31-2)20(5-8-28-19)33-21-4-3-15(26)11-18(21)25/h3-5,8,11-13,16H,6-7,9-10,14H2,1-2H3,(H,27,30). The Kier molecular flexibility index (Phi) is 7.49. The lowest BCUT2D eigenvalue weighted by atomic mass is 10.1. The number of benzene rings is 2. The summed E-state index contributed by atoms with van der Waals surface area (Å²) in [6, 6.07) is 10.1. The lowest BCUT2D eigenvalue weighted by Crippen LogP contribution is -2.43. The molecule has 2 aromatic carbocycles. The molecule has 4 rings (SSSR count). The van der Waals surface area contributed by atoms with Crippen molar-refractivity contribution in [3.63, 3.8) is 0 Å². The van der Waals surface area contributed by atoms with Gasteiger partial charge in [0.05, 0.1) is 19.2 Å². The molecule has 1 saturated heterocycles. The summed E-state index contributed by atoms with van der Waals surface area (Å²) < 4.78 is 32.8. The number of halogens is 2. The zero-order chi connectivity index (χ0) is 23.4. The smallest absolute Gasteiger partial charge is 0.233 e. The number of pyridine rings is 1. The van der Waals surface area contributed by atoms with Crippen molar-refractivity contribution in [2.45, 2.75) is 18.9 Å². The number of piperidine rings is 1. The van der Waals surface area contributed by atoms with Gasteiger partial charge >= 0.3 is 0 Å². The van der Waals surface area contributed by atoms with E-state index in [2.05, 4.69) is 37.8 Å². The van der Waals surface area contributed by atoms with Gasteiger partial charge in [0, 0.05) is 41.4 Å². The largest absolute Gasteiger partial charge is 0.493 e. The van der Waals surface area contributed by atoms with Gasteiger partial charge in [0.2, 0.25) is 5.91 Å². The van der Waals surface area contributed by atoms with Crippen molar-refractivity contribution in [2.75, 3.05) is 33.8 Å². The second-order valence-electron chi connectivity index (χ2n) is 7.77. The van der Waals surface area contributed by atoms with Gasteiger partial charge in [-0.1, -0.05) is 0 Å². The molecule has 0 bridgehead atoms. The van der Waals surface area contributed by atoms with E-state index in [0.29, 0.717) is 34.7 Å². The zero-order valence-electron chi connectivity index (χ0n) is 18.4. The maximum atomic E-state index is 14.3. The molecular formula is C24H25FIN3O4. The van der Waals surface area contributed by atoms with Gasteiger partial charge in [-0.25, -0.2) is 4.39 Å². The van der Waals surface area contributed by atoms with Crippen LogP contribution in [0.2, 0.25) is 0 Å². The molecule has 0 radical (unpaired) electrons. The molecule has 9 heteroatoms. The lowest BCUT2D eigenvalue weighted by molar-refractivity contribution is -0.122. The van der Waals surface area contributed by atoms with E-state index in [1.165, 1.54) is 6.07 Å². The Morgan fingerprint density at radius 2 is 1.94 bits per heavy atom. The van der Waals surface area contributed by atoms with Crippen molar-refractivity contribution in [1.82, 2.24) is 15.2 Å². The number of amides is 1. The predicted molar refractivity (Wildman–Crippen MR) is 132 cm³/mol. The number of nitrogens with zero attached hydrogens (tertiary/aromatic N) is 2. The summed E-state index contributed by atoms with van der Waals surface area (Å²) in [5.74, 6) is 1.36. The summed E-state index contributed by atoms with van der Waals surface area (Å²) in [6.07, 6.45) is 3.25. The number of nitrogens with one attached hydrogen (secondary N) is 1. The first-order chi connectivity index (χ1) is 16.0. The summed E-state index contributed by atoms with van der Waals surface area (Å²) >= 11 is 2.05. The average molecular weight is 565 g/mol. The van der Waals surface area contributed by atoms with Crippen LogP contribution in [0.25, 0.3) is 10.9 Å². The van der Waals surface area contributed by atoms with E-state index >= 15 is 0 Å². The monoisotopic (exact) mass is 565 g/mol. The van der Waals surface area contributed by atoms with E-state index in [0.717, 1.165) is 29.5 Å². The van der Waals surface area contributed by atoms with Gasteiger partial charge in [-0.05, 0) is 65.8 Å². The van der Waals surface area contributed by atoms with Gasteiger partial charge in [-0.15, -0.1) is 0 Å². The van der Waals surface area contributed by atoms with E-state index in [9.17, 15) is 9.18 Å². The number of methoxy groups -OCH3 is 1. The maximum absolute atomic E-state index is 14.3. The molecule has 1 aliphatic heterocycles. The van der Waals surface area contributed by atoms with Crippen LogP contribution in [-0.2, 0) is 4.79 Å². The van der Waals surface area contributed by atoms with E-state index in [-0.39, 0.29) is 17.8 Å². The fourth-order valence-electron chi connectivity index (χ4n) is 3.79. The van der Waals surface area contributed by atoms with Crippen LogP contribution in [0, 0.1) is 9.39 Å². The number of carbonyl (C=O) groups is 1. The van der Waals surface area contributed by atoms with E-state index in [1.54, 1.807) is 44.6 Å². The summed E-state index contributed by atoms with van der Waals surface area (Å²) in [7, 11) is 3.22. The van der Waals surface area contributed by atoms with E-state index in [1.807, 2.05) is 6.07 Å². The van der Waals surface area contributed by atoms with Crippen molar-refractivity contribution in [3.05, 3.63) is 52.0 Å². The Morgan fingerprint density at radius 3 is 2.64 bits per heavy atom. The Labute approximate surface area is 205 Å². The molecule has 174 valence electrons. The summed E-state index contributed by atoms with van der Waals surface area (Å²) in [5, 5.41) is 3.35. The highest BCUT2D eigenvalue weighted by Gasteiger charge is 2.23. The second-order valence-corrected chi connectivity index (χ2v) is 9.02. The molecule has 0 saturated carbocycles. The van der Waals surface area contributed by atoms with Crippen LogP contribution >= 0.6 is 22.6 Å². The van der Waals surface area contributed by atoms with E-state index < -0.39 is 5.82 Å². The highest BCUT2D eigenvalue weighted by molar-refractivity contribution is 14.1. The van der Waals surface area contributed by atoms with Crippen LogP contribution in [0.15, 0.2) is 42.6 Å². The average Bonchev–Trinajstić information content (AvgIpc) is 2.81. The molecule has 0 spiro atoms. The van der Waals surface area contributed by atoms with Crippen LogP contribution in [0.4, 0.5) is 4.39 Å². The fraction of sp³-hybridized carbons (Fsp3) is 0.333. The van der Waals surface area contributed by atoms with Crippen molar-refractivity contribution >= 4 is 39.4 Å². The zero-order valence-corrected chi connectivity index (χ0v) is 20.6. The van der Waals surface area contributed by atoms with Gasteiger partial charge in [0.1, 0.15) is 11.9 Å². The third-order valence-electron chi connectivity index (χ3n) is 5.58. The number of likely N-dealkylation sites (N-methyl/N-ethyl adjacent to an activating group) is 1. The minimum absolute atomic E-state index is 0.0117. The number of hydrogen-bond acceptors (Lipinski definition) is 6. The summed E-state index contributed by atoms with van der Waals surface area (Å²) in [4.78, 5) is 18.2. The first-order valence-electron chi connectivity index (χ1n) is 10.7. The quantitative estimate of drug-likeness (QED) is 0.430. The van der Waals surface area contributed by atoms with Crippen LogP contribution in [0.5, 0.6) is 23.0 Å².